The molecular formula is C13H14Cl3NO3S. The van der Waals surface area contributed by atoms with Crippen molar-refractivity contribution in [2.45, 2.75) is 24.7 Å². The van der Waals surface area contributed by atoms with Crippen LogP contribution in [0, 0.1) is 5.92 Å². The molecule has 1 aromatic carbocycles. The number of likely N-dealkylation sites (tertiary alicyclic amines) is 1. The second-order valence-electron chi connectivity index (χ2n) is 5.18. The highest BCUT2D eigenvalue weighted by atomic mass is 35.7. The largest absolute Gasteiger partial charge is 0.339 e. The van der Waals surface area contributed by atoms with Crippen LogP contribution in [0.5, 0.6) is 0 Å². The average Bonchev–Trinajstić information content (AvgIpc) is 2.37. The normalized spacial score (nSPS) is 17.0. The zero-order chi connectivity index (χ0) is 15.8. The van der Waals surface area contributed by atoms with Crippen molar-refractivity contribution in [2.75, 3.05) is 13.1 Å². The van der Waals surface area contributed by atoms with E-state index in [1.807, 2.05) is 0 Å². The van der Waals surface area contributed by atoms with Gasteiger partial charge in [-0.1, -0.05) is 30.1 Å². The molecule has 0 aliphatic carbocycles. The van der Waals surface area contributed by atoms with E-state index in [9.17, 15) is 13.2 Å². The van der Waals surface area contributed by atoms with E-state index in [-0.39, 0.29) is 26.4 Å². The van der Waals surface area contributed by atoms with Crippen molar-refractivity contribution in [3.8, 4) is 0 Å². The molecule has 1 aromatic rings. The van der Waals surface area contributed by atoms with Gasteiger partial charge in [-0.2, -0.15) is 0 Å². The molecule has 0 bridgehead atoms. The number of carbonyl (C=O) groups is 1. The van der Waals surface area contributed by atoms with E-state index in [0.717, 1.165) is 18.9 Å². The lowest BCUT2D eigenvalue weighted by Crippen LogP contribution is -2.38. The Kier molecular flexibility index (Phi) is 5.08. The van der Waals surface area contributed by atoms with Gasteiger partial charge in [-0.15, -0.1) is 0 Å². The predicted octanol–water partition coefficient (Wildman–Crippen LogP) is 3.79. The number of rotatable bonds is 2. The Morgan fingerprint density at radius 3 is 2.29 bits per heavy atom. The third-order valence-corrected chi connectivity index (χ3v) is 5.68. The Morgan fingerprint density at radius 1 is 1.19 bits per heavy atom. The second kappa shape index (κ2) is 6.32. The zero-order valence-corrected chi connectivity index (χ0v) is 14.4. The molecule has 1 fully saturated rings. The van der Waals surface area contributed by atoms with Gasteiger partial charge < -0.3 is 4.90 Å². The molecule has 1 aliphatic heterocycles. The Labute approximate surface area is 138 Å². The van der Waals surface area contributed by atoms with Crippen LogP contribution < -0.4 is 0 Å². The molecule has 0 unspecified atom stereocenters. The van der Waals surface area contributed by atoms with Gasteiger partial charge in [0.15, 0.2) is 0 Å². The highest BCUT2D eigenvalue weighted by Crippen LogP contribution is 2.32. The molecule has 1 saturated heterocycles. The molecular weight excluding hydrogens is 357 g/mol. The number of hydrogen-bond acceptors (Lipinski definition) is 3. The van der Waals surface area contributed by atoms with Gasteiger partial charge in [-0.25, -0.2) is 8.42 Å². The molecule has 4 nitrogen and oxygen atoms in total. The summed E-state index contributed by atoms with van der Waals surface area (Å²) in [5, 5.41) is 0.0199. The Balaban J connectivity index is 2.37. The Morgan fingerprint density at radius 2 is 1.76 bits per heavy atom. The molecule has 0 spiro atoms. The van der Waals surface area contributed by atoms with Gasteiger partial charge >= 0.3 is 0 Å². The number of piperidine rings is 1. The van der Waals surface area contributed by atoms with E-state index in [0.29, 0.717) is 19.0 Å². The standard InChI is InChI=1S/C13H14Cl3NO3S/c1-8-2-4-17(5-3-8)13(18)9-6-12(21(16,19)20)11(15)7-10(9)14/h6-8H,2-5H2,1H3. The van der Waals surface area contributed by atoms with Crippen molar-refractivity contribution in [1.29, 1.82) is 0 Å². The average molecular weight is 371 g/mol. The van der Waals surface area contributed by atoms with Crippen LogP contribution in [0.3, 0.4) is 0 Å². The van der Waals surface area contributed by atoms with Gasteiger partial charge in [-0.05, 0) is 30.9 Å². The molecule has 1 amide bonds. The lowest BCUT2D eigenvalue weighted by Gasteiger charge is -2.30. The maximum Gasteiger partial charge on any atom is 0.262 e. The van der Waals surface area contributed by atoms with Gasteiger partial charge in [0.2, 0.25) is 0 Å². The molecule has 2 rings (SSSR count). The maximum absolute atomic E-state index is 12.5. The first-order valence-electron chi connectivity index (χ1n) is 6.43. The third-order valence-electron chi connectivity index (χ3n) is 3.59. The Hall–Kier alpha value is -0.490. The van der Waals surface area contributed by atoms with Crippen molar-refractivity contribution < 1.29 is 13.2 Å². The van der Waals surface area contributed by atoms with Crippen LogP contribution in [-0.2, 0) is 9.05 Å². The fourth-order valence-electron chi connectivity index (χ4n) is 2.26. The Bertz CT molecular complexity index is 667. The number of nitrogens with zero attached hydrogens (tertiary/aromatic N) is 1. The van der Waals surface area contributed by atoms with Crippen molar-refractivity contribution in [3.05, 3.63) is 27.7 Å². The summed E-state index contributed by atoms with van der Waals surface area (Å²) in [6, 6.07) is 2.38. The van der Waals surface area contributed by atoms with Gasteiger partial charge in [0.25, 0.3) is 15.0 Å². The van der Waals surface area contributed by atoms with Crippen LogP contribution in [0.1, 0.15) is 30.1 Å². The first-order valence-corrected chi connectivity index (χ1v) is 9.49. The van der Waals surface area contributed by atoms with Gasteiger partial charge in [-0.3, -0.25) is 4.79 Å². The van der Waals surface area contributed by atoms with Crippen LogP contribution in [0.2, 0.25) is 10.0 Å². The van der Waals surface area contributed by atoms with Gasteiger partial charge in [0.05, 0.1) is 15.6 Å². The lowest BCUT2D eigenvalue weighted by molar-refractivity contribution is 0.0697. The van der Waals surface area contributed by atoms with Crippen LogP contribution in [0.4, 0.5) is 0 Å². The molecule has 0 saturated carbocycles. The SMILES string of the molecule is CC1CCN(C(=O)c2cc(S(=O)(=O)Cl)c(Cl)cc2Cl)CC1. The van der Waals surface area contributed by atoms with Crippen LogP contribution in [0.15, 0.2) is 17.0 Å². The van der Waals surface area contributed by atoms with Crippen molar-refractivity contribution in [1.82, 2.24) is 4.90 Å². The van der Waals surface area contributed by atoms with E-state index >= 15 is 0 Å². The quantitative estimate of drug-likeness (QED) is 0.744. The lowest BCUT2D eigenvalue weighted by atomic mass is 9.98. The van der Waals surface area contributed by atoms with Crippen molar-refractivity contribution in [3.63, 3.8) is 0 Å². The highest BCUT2D eigenvalue weighted by Gasteiger charge is 2.26. The monoisotopic (exact) mass is 369 g/mol. The first kappa shape index (κ1) is 16.9. The number of amides is 1. The maximum atomic E-state index is 12.5. The number of halogens is 3. The minimum atomic E-state index is -4.03. The number of hydrogen-bond donors (Lipinski definition) is 0. The summed E-state index contributed by atoms with van der Waals surface area (Å²) in [5.41, 5.74) is 0.106. The second-order valence-corrected chi connectivity index (χ2v) is 8.52. The third kappa shape index (κ3) is 3.83. The summed E-state index contributed by atoms with van der Waals surface area (Å²) < 4.78 is 22.9. The van der Waals surface area contributed by atoms with Crippen LogP contribution >= 0.6 is 33.9 Å². The zero-order valence-electron chi connectivity index (χ0n) is 11.3. The first-order chi connectivity index (χ1) is 9.70. The molecule has 1 aliphatic rings. The van der Waals surface area contributed by atoms with Crippen LogP contribution in [-0.4, -0.2) is 32.3 Å². The summed E-state index contributed by atoms with van der Waals surface area (Å²) in [5.74, 6) is 0.277. The number of carbonyl (C=O) groups excluding carboxylic acids is 1. The van der Waals surface area contributed by atoms with E-state index in [2.05, 4.69) is 6.92 Å². The van der Waals surface area contributed by atoms with E-state index in [1.54, 1.807) is 4.90 Å². The van der Waals surface area contributed by atoms with E-state index in [4.69, 9.17) is 33.9 Å². The molecule has 0 N–H and O–H groups in total. The van der Waals surface area contributed by atoms with Crippen molar-refractivity contribution >= 4 is 48.8 Å². The molecule has 21 heavy (non-hydrogen) atoms. The molecule has 0 aromatic heterocycles. The summed E-state index contributed by atoms with van der Waals surface area (Å²) in [7, 11) is 1.28. The molecule has 0 atom stereocenters. The van der Waals surface area contributed by atoms with Gasteiger partial charge in [0, 0.05) is 23.8 Å². The summed E-state index contributed by atoms with van der Waals surface area (Å²) >= 11 is 11.8. The topological polar surface area (TPSA) is 54.5 Å². The fraction of sp³-hybridized carbons (Fsp3) is 0.462. The molecule has 116 valence electrons. The summed E-state index contributed by atoms with van der Waals surface area (Å²) in [6.07, 6.45) is 1.83. The minimum absolute atomic E-state index is 0.0983. The highest BCUT2D eigenvalue weighted by molar-refractivity contribution is 8.13. The number of benzene rings is 1. The summed E-state index contributed by atoms with van der Waals surface area (Å²) in [4.78, 5) is 13.8. The fourth-order valence-corrected chi connectivity index (χ4v) is 4.08. The smallest absolute Gasteiger partial charge is 0.262 e. The molecule has 8 heteroatoms. The summed E-state index contributed by atoms with van der Waals surface area (Å²) in [6.45, 7) is 3.39. The predicted molar refractivity (Wildman–Crippen MR) is 83.8 cm³/mol. The minimum Gasteiger partial charge on any atom is -0.339 e. The van der Waals surface area contributed by atoms with Crippen molar-refractivity contribution in [2.24, 2.45) is 5.92 Å². The molecule has 0 radical (unpaired) electrons. The molecule has 1 heterocycles. The van der Waals surface area contributed by atoms with E-state index < -0.39 is 9.05 Å². The van der Waals surface area contributed by atoms with Gasteiger partial charge in [0.1, 0.15) is 4.90 Å². The van der Waals surface area contributed by atoms with E-state index in [1.165, 1.54) is 6.07 Å². The van der Waals surface area contributed by atoms with Crippen LogP contribution in [0.25, 0.3) is 0 Å².